The molecule has 0 aliphatic carbocycles. The van der Waals surface area contributed by atoms with Crippen LogP contribution in [0.2, 0.25) is 5.02 Å². The van der Waals surface area contributed by atoms with Crippen molar-refractivity contribution in [2.75, 3.05) is 0 Å². The molecule has 23 heavy (non-hydrogen) atoms. The normalized spacial score (nSPS) is 16.3. The maximum absolute atomic E-state index is 6.02. The highest BCUT2D eigenvalue weighted by atomic mass is 35.5. The monoisotopic (exact) mass is 322 g/mol. The molecular formula is C18H15ClN4. The van der Waals surface area contributed by atoms with Crippen molar-refractivity contribution in [3.8, 4) is 22.4 Å². The Bertz CT molecular complexity index is 866. The van der Waals surface area contributed by atoms with Crippen LogP contribution in [0.3, 0.4) is 0 Å². The van der Waals surface area contributed by atoms with Gasteiger partial charge in [0.15, 0.2) is 0 Å². The average Bonchev–Trinajstić information content (AvgIpc) is 2.94. The Kier molecular flexibility index (Phi) is 3.46. The fourth-order valence-electron chi connectivity index (χ4n) is 2.85. The summed E-state index contributed by atoms with van der Waals surface area (Å²) in [7, 11) is 0. The van der Waals surface area contributed by atoms with Gasteiger partial charge in [-0.05, 0) is 36.8 Å². The minimum Gasteiger partial charge on any atom is -0.286 e. The lowest BCUT2D eigenvalue weighted by atomic mass is 9.99. The Balaban J connectivity index is 1.95. The van der Waals surface area contributed by atoms with Crippen molar-refractivity contribution in [3.05, 3.63) is 59.5 Å². The zero-order chi connectivity index (χ0) is 15.8. The maximum atomic E-state index is 6.02. The molecule has 0 bridgehead atoms. The van der Waals surface area contributed by atoms with Crippen LogP contribution in [0.4, 0.5) is 0 Å². The first kappa shape index (κ1) is 14.2. The predicted molar refractivity (Wildman–Crippen MR) is 93.0 cm³/mol. The van der Waals surface area contributed by atoms with Gasteiger partial charge in [0.05, 0.1) is 18.3 Å². The van der Waals surface area contributed by atoms with Crippen LogP contribution < -0.4 is 0 Å². The number of halogens is 1. The van der Waals surface area contributed by atoms with Gasteiger partial charge in [-0.3, -0.25) is 14.7 Å². The molecule has 3 heterocycles. The van der Waals surface area contributed by atoms with Crippen LogP contribution in [0, 0.1) is 0 Å². The molecule has 4 nitrogen and oxygen atoms in total. The highest BCUT2D eigenvalue weighted by Crippen LogP contribution is 2.35. The van der Waals surface area contributed by atoms with Crippen LogP contribution in [0.25, 0.3) is 22.4 Å². The molecule has 0 unspecified atom stereocenters. The summed E-state index contributed by atoms with van der Waals surface area (Å²) >= 11 is 6.02. The molecule has 0 spiro atoms. The summed E-state index contributed by atoms with van der Waals surface area (Å²) in [6.07, 6.45) is 5.53. The number of hydrogen-bond donors (Lipinski definition) is 0. The van der Waals surface area contributed by atoms with E-state index < -0.39 is 0 Å². The SMILES string of the molecule is C[C@@H]1Cn2nc(-c3ccc(Cl)cc3)c(-c3ccncc3)c2C=N1. The van der Waals surface area contributed by atoms with E-state index in [1.807, 2.05) is 47.3 Å². The first-order valence-corrected chi connectivity index (χ1v) is 7.90. The average molecular weight is 323 g/mol. The van der Waals surface area contributed by atoms with Crippen molar-refractivity contribution >= 4 is 17.8 Å². The molecule has 0 fully saturated rings. The van der Waals surface area contributed by atoms with Gasteiger partial charge in [0.25, 0.3) is 0 Å². The molecule has 0 saturated heterocycles. The van der Waals surface area contributed by atoms with Gasteiger partial charge in [0, 0.05) is 34.8 Å². The number of fused-ring (bicyclic) bond motifs is 1. The number of pyridine rings is 1. The summed E-state index contributed by atoms with van der Waals surface area (Å²) in [5, 5.41) is 5.56. The molecule has 2 aromatic heterocycles. The molecule has 3 aromatic rings. The summed E-state index contributed by atoms with van der Waals surface area (Å²) < 4.78 is 2.04. The van der Waals surface area contributed by atoms with Gasteiger partial charge in [0.2, 0.25) is 0 Å². The van der Waals surface area contributed by atoms with Gasteiger partial charge in [-0.2, -0.15) is 5.10 Å². The number of aromatic nitrogens is 3. The highest BCUT2D eigenvalue weighted by Gasteiger charge is 2.22. The Morgan fingerprint density at radius 1 is 1.04 bits per heavy atom. The number of benzene rings is 1. The van der Waals surface area contributed by atoms with Crippen LogP contribution in [0.1, 0.15) is 12.6 Å². The van der Waals surface area contributed by atoms with E-state index in [-0.39, 0.29) is 6.04 Å². The van der Waals surface area contributed by atoms with E-state index in [2.05, 4.69) is 16.9 Å². The minimum atomic E-state index is 0.241. The molecule has 1 aliphatic rings. The van der Waals surface area contributed by atoms with Gasteiger partial charge in [-0.15, -0.1) is 0 Å². The number of aliphatic imine (C=N–C) groups is 1. The largest absolute Gasteiger partial charge is 0.286 e. The van der Waals surface area contributed by atoms with Gasteiger partial charge in [-0.1, -0.05) is 23.7 Å². The number of rotatable bonds is 2. The van der Waals surface area contributed by atoms with E-state index in [4.69, 9.17) is 16.7 Å². The van der Waals surface area contributed by atoms with Gasteiger partial charge in [0.1, 0.15) is 5.69 Å². The summed E-state index contributed by atoms with van der Waals surface area (Å²) in [6.45, 7) is 2.88. The second-order valence-electron chi connectivity index (χ2n) is 5.66. The first-order valence-electron chi connectivity index (χ1n) is 7.52. The zero-order valence-corrected chi connectivity index (χ0v) is 13.4. The number of hydrogen-bond acceptors (Lipinski definition) is 3. The van der Waals surface area contributed by atoms with Crippen LogP contribution in [-0.4, -0.2) is 27.0 Å². The van der Waals surface area contributed by atoms with E-state index in [1.165, 1.54) is 0 Å². The lowest BCUT2D eigenvalue weighted by Gasteiger charge is -2.14. The van der Waals surface area contributed by atoms with Crippen molar-refractivity contribution in [1.82, 2.24) is 14.8 Å². The molecule has 0 radical (unpaired) electrons. The van der Waals surface area contributed by atoms with E-state index >= 15 is 0 Å². The third-order valence-electron chi connectivity index (χ3n) is 3.97. The van der Waals surface area contributed by atoms with Crippen molar-refractivity contribution < 1.29 is 0 Å². The second-order valence-corrected chi connectivity index (χ2v) is 6.10. The lowest BCUT2D eigenvalue weighted by molar-refractivity contribution is 0.527. The van der Waals surface area contributed by atoms with Crippen molar-refractivity contribution in [1.29, 1.82) is 0 Å². The standard InChI is InChI=1S/C18H15ClN4/c1-12-11-23-16(10-21-12)17(13-6-8-20-9-7-13)18(22-23)14-2-4-15(19)5-3-14/h2-10,12H,11H2,1H3/t12-/m1/s1. The van der Waals surface area contributed by atoms with E-state index in [0.717, 1.165) is 39.6 Å². The third kappa shape index (κ3) is 2.55. The Morgan fingerprint density at radius 2 is 1.78 bits per heavy atom. The smallest absolute Gasteiger partial charge is 0.101 e. The van der Waals surface area contributed by atoms with Crippen molar-refractivity contribution in [2.24, 2.45) is 4.99 Å². The first-order chi connectivity index (χ1) is 11.2. The van der Waals surface area contributed by atoms with Crippen LogP contribution in [0.15, 0.2) is 53.8 Å². The Morgan fingerprint density at radius 3 is 2.52 bits per heavy atom. The molecule has 1 aliphatic heterocycles. The molecule has 1 atom stereocenters. The maximum Gasteiger partial charge on any atom is 0.101 e. The molecule has 4 rings (SSSR count). The quantitative estimate of drug-likeness (QED) is 0.713. The van der Waals surface area contributed by atoms with Crippen molar-refractivity contribution in [2.45, 2.75) is 19.5 Å². The van der Waals surface area contributed by atoms with Crippen LogP contribution in [0.5, 0.6) is 0 Å². The predicted octanol–water partition coefficient (Wildman–Crippen LogP) is 4.09. The minimum absolute atomic E-state index is 0.241. The molecular weight excluding hydrogens is 308 g/mol. The number of nitrogens with zero attached hydrogens (tertiary/aromatic N) is 4. The molecule has 0 saturated carbocycles. The summed E-state index contributed by atoms with van der Waals surface area (Å²) in [4.78, 5) is 8.67. The molecule has 0 amide bonds. The zero-order valence-electron chi connectivity index (χ0n) is 12.6. The summed E-state index contributed by atoms with van der Waals surface area (Å²) in [5.41, 5.74) is 5.21. The molecule has 114 valence electrons. The van der Waals surface area contributed by atoms with Crippen molar-refractivity contribution in [3.63, 3.8) is 0 Å². The second kappa shape index (κ2) is 5.63. The third-order valence-corrected chi connectivity index (χ3v) is 4.22. The molecule has 5 heteroatoms. The van der Waals surface area contributed by atoms with E-state index in [1.54, 1.807) is 12.4 Å². The van der Waals surface area contributed by atoms with E-state index in [0.29, 0.717) is 0 Å². The molecule has 1 aromatic carbocycles. The fourth-order valence-corrected chi connectivity index (χ4v) is 2.98. The van der Waals surface area contributed by atoms with Gasteiger partial charge < -0.3 is 0 Å². The Hall–Kier alpha value is -2.46. The van der Waals surface area contributed by atoms with Gasteiger partial charge >= 0.3 is 0 Å². The summed E-state index contributed by atoms with van der Waals surface area (Å²) in [5.74, 6) is 0. The van der Waals surface area contributed by atoms with E-state index in [9.17, 15) is 0 Å². The van der Waals surface area contributed by atoms with Crippen LogP contribution in [-0.2, 0) is 6.54 Å². The Labute approximate surface area is 139 Å². The lowest BCUT2D eigenvalue weighted by Crippen LogP contribution is -2.19. The fraction of sp³-hybridized carbons (Fsp3) is 0.167. The summed E-state index contributed by atoms with van der Waals surface area (Å²) in [6, 6.07) is 12.0. The van der Waals surface area contributed by atoms with Crippen LogP contribution >= 0.6 is 11.6 Å². The highest BCUT2D eigenvalue weighted by molar-refractivity contribution is 6.30. The van der Waals surface area contributed by atoms with Gasteiger partial charge in [-0.25, -0.2) is 0 Å². The molecule has 0 N–H and O–H groups in total. The topological polar surface area (TPSA) is 43.1 Å².